The van der Waals surface area contributed by atoms with E-state index in [1.807, 2.05) is 54.6 Å². The lowest BCUT2D eigenvalue weighted by Crippen LogP contribution is -2.46. The highest BCUT2D eigenvalue weighted by Crippen LogP contribution is 2.39. The third-order valence-corrected chi connectivity index (χ3v) is 7.06. The van der Waals surface area contributed by atoms with Crippen molar-refractivity contribution in [2.75, 3.05) is 25.4 Å². The molecule has 8 nitrogen and oxygen atoms in total. The Balaban J connectivity index is 1.21. The van der Waals surface area contributed by atoms with E-state index in [4.69, 9.17) is 4.74 Å². The Morgan fingerprint density at radius 2 is 1.85 bits per heavy atom. The quantitative estimate of drug-likeness (QED) is 0.247. The van der Waals surface area contributed by atoms with Gasteiger partial charge in [-0.15, -0.1) is 11.8 Å². The maximum absolute atomic E-state index is 13.2. The summed E-state index contributed by atoms with van der Waals surface area (Å²) in [4.78, 5) is 52.0. The molecule has 2 aromatic rings. The monoisotopic (exact) mass is 481 g/mol. The van der Waals surface area contributed by atoms with Crippen molar-refractivity contribution in [3.63, 3.8) is 0 Å². The number of nitrogens with zero attached hydrogens (tertiary/aromatic N) is 1. The number of nitrogens with one attached hydrogen (secondary N) is 2. The first-order valence-electron chi connectivity index (χ1n) is 11.3. The van der Waals surface area contributed by atoms with E-state index in [1.54, 1.807) is 11.8 Å². The van der Waals surface area contributed by atoms with Gasteiger partial charge in [-0.25, -0.2) is 4.79 Å². The lowest BCUT2D eigenvalue weighted by molar-refractivity contribution is -0.151. The minimum absolute atomic E-state index is 0.423. The second-order valence-electron chi connectivity index (χ2n) is 8.26. The minimum atomic E-state index is -1.14. The molecule has 2 N–H and O–H groups in total. The van der Waals surface area contributed by atoms with Gasteiger partial charge < -0.3 is 15.4 Å². The van der Waals surface area contributed by atoms with E-state index in [2.05, 4.69) is 10.6 Å². The van der Waals surface area contributed by atoms with Crippen LogP contribution in [-0.4, -0.2) is 54.2 Å². The number of carbonyl (C=O) groups is 4. The highest BCUT2D eigenvalue weighted by atomic mass is 32.2. The van der Waals surface area contributed by atoms with E-state index < -0.39 is 42.5 Å². The van der Waals surface area contributed by atoms with E-state index in [0.717, 1.165) is 41.0 Å². The van der Waals surface area contributed by atoms with Gasteiger partial charge in [0.1, 0.15) is 12.1 Å². The third kappa shape index (κ3) is 5.25. The number of esters is 1. The molecule has 2 aromatic carbocycles. The van der Waals surface area contributed by atoms with Crippen LogP contribution < -0.4 is 10.6 Å². The van der Waals surface area contributed by atoms with Crippen LogP contribution in [-0.2, 0) is 31.1 Å². The van der Waals surface area contributed by atoms with Gasteiger partial charge >= 0.3 is 12.0 Å². The van der Waals surface area contributed by atoms with Crippen LogP contribution in [0.3, 0.4) is 0 Å². The number of benzene rings is 2. The van der Waals surface area contributed by atoms with Crippen LogP contribution in [0.5, 0.6) is 0 Å². The zero-order valence-electron chi connectivity index (χ0n) is 18.7. The number of amides is 4. The van der Waals surface area contributed by atoms with Gasteiger partial charge in [0.25, 0.3) is 11.8 Å². The summed E-state index contributed by atoms with van der Waals surface area (Å²) in [5.74, 6) is -0.837. The Bertz CT molecular complexity index is 1080. The molecule has 34 heavy (non-hydrogen) atoms. The van der Waals surface area contributed by atoms with Gasteiger partial charge in [0.05, 0.1) is 0 Å². The SMILES string of the molecule is O=C(COC(=O)CN1C(=O)N[C@]2(CCCc3ccccc32)C1=O)NCCCSc1ccccc1. The molecule has 1 aliphatic carbocycles. The summed E-state index contributed by atoms with van der Waals surface area (Å²) in [6.45, 7) is -0.525. The van der Waals surface area contributed by atoms with Gasteiger partial charge in [0, 0.05) is 11.4 Å². The van der Waals surface area contributed by atoms with E-state index in [0.29, 0.717) is 13.0 Å². The van der Waals surface area contributed by atoms with Gasteiger partial charge in [-0.3, -0.25) is 19.3 Å². The molecular formula is C25H27N3O5S. The largest absolute Gasteiger partial charge is 0.454 e. The number of rotatable bonds is 9. The zero-order chi connectivity index (χ0) is 24.0. The fraction of sp³-hybridized carbons (Fsp3) is 0.360. The molecule has 4 amide bonds. The van der Waals surface area contributed by atoms with Crippen LogP contribution in [0.4, 0.5) is 4.79 Å². The van der Waals surface area contributed by atoms with Crippen LogP contribution in [0, 0.1) is 0 Å². The molecule has 9 heteroatoms. The molecule has 0 unspecified atom stereocenters. The van der Waals surface area contributed by atoms with E-state index >= 15 is 0 Å². The third-order valence-electron chi connectivity index (χ3n) is 5.96. The molecule has 1 fully saturated rings. The number of thioether (sulfide) groups is 1. The Kier molecular flexibility index (Phi) is 7.52. The van der Waals surface area contributed by atoms with Crippen molar-refractivity contribution in [3.05, 3.63) is 65.7 Å². The summed E-state index contributed by atoms with van der Waals surface area (Å²) >= 11 is 1.70. The second-order valence-corrected chi connectivity index (χ2v) is 9.43. The van der Waals surface area contributed by atoms with Crippen LogP contribution in [0.2, 0.25) is 0 Å². The number of fused-ring (bicyclic) bond motifs is 2. The summed E-state index contributed by atoms with van der Waals surface area (Å²) < 4.78 is 5.00. The summed E-state index contributed by atoms with van der Waals surface area (Å²) in [5, 5.41) is 5.50. The maximum Gasteiger partial charge on any atom is 0.326 e. The van der Waals surface area contributed by atoms with Gasteiger partial charge in [0.2, 0.25) is 0 Å². The molecular weight excluding hydrogens is 454 g/mol. The molecule has 178 valence electrons. The topological polar surface area (TPSA) is 105 Å². The molecule has 2 aliphatic rings. The first kappa shape index (κ1) is 23.8. The van der Waals surface area contributed by atoms with Crippen LogP contribution in [0.25, 0.3) is 0 Å². The predicted molar refractivity (Wildman–Crippen MR) is 127 cm³/mol. The number of ether oxygens (including phenoxy) is 1. The van der Waals surface area contributed by atoms with Gasteiger partial charge in [-0.2, -0.15) is 0 Å². The second kappa shape index (κ2) is 10.7. The Labute approximate surface area is 202 Å². The fourth-order valence-electron chi connectivity index (χ4n) is 4.33. The van der Waals surface area contributed by atoms with E-state index in [-0.39, 0.29) is 0 Å². The Morgan fingerprint density at radius 1 is 1.09 bits per heavy atom. The van der Waals surface area contributed by atoms with Crippen molar-refractivity contribution >= 4 is 35.6 Å². The van der Waals surface area contributed by atoms with Crippen LogP contribution in [0.1, 0.15) is 30.4 Å². The molecule has 1 saturated heterocycles. The van der Waals surface area contributed by atoms with Gasteiger partial charge in [0.15, 0.2) is 6.61 Å². The smallest absolute Gasteiger partial charge is 0.326 e. The minimum Gasteiger partial charge on any atom is -0.454 e. The van der Waals surface area contributed by atoms with E-state index in [9.17, 15) is 19.2 Å². The standard InChI is InChI=1S/C25H27N3O5S/c29-21(26-14-7-15-34-19-10-2-1-3-11-19)17-33-22(30)16-28-23(31)25(27-24(28)32)13-6-9-18-8-4-5-12-20(18)25/h1-5,8,10-12H,6-7,9,13-17H2,(H,26,29)(H,27,32)/t25-/m0/s1. The lowest BCUT2D eigenvalue weighted by atomic mass is 9.76. The molecule has 0 bridgehead atoms. The van der Waals surface area contributed by atoms with Crippen molar-refractivity contribution in [2.45, 2.75) is 36.1 Å². The number of imide groups is 1. The molecule has 0 saturated carbocycles. The fourth-order valence-corrected chi connectivity index (χ4v) is 5.21. The number of carbonyl (C=O) groups excluding carboxylic acids is 4. The molecule has 4 rings (SSSR count). The highest BCUT2D eigenvalue weighted by molar-refractivity contribution is 7.99. The Morgan fingerprint density at radius 3 is 2.68 bits per heavy atom. The van der Waals surface area contributed by atoms with Gasteiger partial charge in [-0.05, 0) is 54.7 Å². The summed E-state index contributed by atoms with van der Waals surface area (Å²) in [7, 11) is 0. The first-order chi connectivity index (χ1) is 16.5. The number of hydrogen-bond acceptors (Lipinski definition) is 6. The molecule has 0 aromatic heterocycles. The molecule has 1 spiro atoms. The molecule has 0 radical (unpaired) electrons. The average molecular weight is 482 g/mol. The van der Waals surface area contributed by atoms with Crippen molar-refractivity contribution in [2.24, 2.45) is 0 Å². The average Bonchev–Trinajstić information content (AvgIpc) is 3.08. The molecule has 1 atom stereocenters. The maximum atomic E-state index is 13.2. The van der Waals surface area contributed by atoms with Gasteiger partial charge in [-0.1, -0.05) is 42.5 Å². The van der Waals surface area contributed by atoms with Crippen molar-refractivity contribution in [1.82, 2.24) is 15.5 Å². The predicted octanol–water partition coefficient (Wildman–Crippen LogP) is 2.61. The zero-order valence-corrected chi connectivity index (χ0v) is 19.6. The number of aryl methyl sites for hydroxylation is 1. The lowest BCUT2D eigenvalue weighted by Gasteiger charge is -2.33. The Hall–Kier alpha value is -3.33. The summed E-state index contributed by atoms with van der Waals surface area (Å²) in [5.41, 5.74) is 0.660. The number of urea groups is 1. The normalized spacial score (nSPS) is 19.0. The van der Waals surface area contributed by atoms with Crippen molar-refractivity contribution in [3.8, 4) is 0 Å². The highest BCUT2D eigenvalue weighted by Gasteiger charge is 2.54. The van der Waals surface area contributed by atoms with E-state index in [1.165, 1.54) is 4.90 Å². The van der Waals surface area contributed by atoms with Crippen molar-refractivity contribution in [1.29, 1.82) is 0 Å². The number of hydrogen-bond donors (Lipinski definition) is 2. The molecule has 1 heterocycles. The first-order valence-corrected chi connectivity index (χ1v) is 12.3. The van der Waals surface area contributed by atoms with Crippen molar-refractivity contribution < 1.29 is 23.9 Å². The summed E-state index contributed by atoms with van der Waals surface area (Å²) in [6, 6.07) is 16.9. The summed E-state index contributed by atoms with van der Waals surface area (Å²) in [6.07, 6.45) is 2.84. The van der Waals surface area contributed by atoms with Crippen LogP contribution in [0.15, 0.2) is 59.5 Å². The molecule has 1 aliphatic heterocycles. The van der Waals surface area contributed by atoms with Crippen LogP contribution >= 0.6 is 11.8 Å².